The second kappa shape index (κ2) is 12.3. The van der Waals surface area contributed by atoms with Crippen LogP contribution in [-0.4, -0.2) is 82.2 Å². The standard InChI is InChI=1S/C21H25N3O2.C6H8O7/c1-3-11-26-19-6-4-5-16(12-19)15-24-17-7-8-18(24)14-21(25,13-17)20-22-9-10-23(20)2;7-3(8)1-6(13,5(11)12)2-4(9)10/h1,4-6,9-10,12,17-18,25H,7-8,11,13-15H2,2H3;13H,1-2H2,(H,7,8)(H,9,10)(H,11,12). The number of aliphatic carboxylic acids is 3. The van der Waals surface area contributed by atoms with Crippen LogP contribution in [0.25, 0.3) is 0 Å². The molecule has 39 heavy (non-hydrogen) atoms. The van der Waals surface area contributed by atoms with E-state index in [0.29, 0.717) is 12.1 Å². The Morgan fingerprint density at radius 1 is 1.15 bits per heavy atom. The third-order valence-electron chi connectivity index (χ3n) is 7.03. The van der Waals surface area contributed by atoms with Gasteiger partial charge >= 0.3 is 17.9 Å². The maximum atomic E-state index is 11.3. The predicted octanol–water partition coefficient (Wildman–Crippen LogP) is 1.20. The van der Waals surface area contributed by atoms with Crippen molar-refractivity contribution in [2.45, 2.75) is 68.4 Å². The first-order chi connectivity index (χ1) is 18.4. The van der Waals surface area contributed by atoms with Gasteiger partial charge in [-0.25, -0.2) is 9.78 Å². The molecule has 2 saturated heterocycles. The molecule has 0 saturated carbocycles. The summed E-state index contributed by atoms with van der Waals surface area (Å²) in [7, 11) is 1.95. The highest BCUT2D eigenvalue weighted by Gasteiger charge is 2.49. The van der Waals surface area contributed by atoms with E-state index in [-0.39, 0.29) is 6.61 Å². The molecule has 5 N–H and O–H groups in total. The van der Waals surface area contributed by atoms with Gasteiger partial charge in [0.1, 0.15) is 23.8 Å². The summed E-state index contributed by atoms with van der Waals surface area (Å²) in [6, 6.07) is 8.90. The molecule has 210 valence electrons. The number of piperidine rings is 1. The summed E-state index contributed by atoms with van der Waals surface area (Å²) in [4.78, 5) is 37.4. The van der Waals surface area contributed by atoms with E-state index >= 15 is 0 Å². The lowest BCUT2D eigenvalue weighted by Gasteiger charge is -2.43. The van der Waals surface area contributed by atoms with E-state index in [1.807, 2.05) is 29.9 Å². The van der Waals surface area contributed by atoms with Gasteiger partial charge in [0, 0.05) is 38.1 Å². The summed E-state index contributed by atoms with van der Waals surface area (Å²) in [6.45, 7) is 1.16. The van der Waals surface area contributed by atoms with E-state index in [1.165, 1.54) is 5.56 Å². The Hall–Kier alpha value is -3.92. The van der Waals surface area contributed by atoms with Crippen molar-refractivity contribution in [3.05, 3.63) is 48.0 Å². The highest BCUT2D eigenvalue weighted by molar-refractivity contribution is 5.88. The van der Waals surface area contributed by atoms with Crippen LogP contribution in [0.1, 0.15) is 49.9 Å². The number of terminal acetylenes is 1. The van der Waals surface area contributed by atoms with E-state index in [0.717, 1.165) is 43.8 Å². The Morgan fingerprint density at radius 2 is 1.77 bits per heavy atom. The molecule has 1 aromatic heterocycles. The molecule has 12 heteroatoms. The number of carboxylic acid groups (broad SMARTS) is 3. The number of benzene rings is 1. The largest absolute Gasteiger partial charge is 0.481 e. The number of fused-ring (bicyclic) bond motifs is 2. The summed E-state index contributed by atoms with van der Waals surface area (Å²) in [6.07, 6.45) is 10.4. The van der Waals surface area contributed by atoms with Crippen molar-refractivity contribution < 1.29 is 44.7 Å². The zero-order chi connectivity index (χ0) is 28.8. The number of aromatic nitrogens is 2. The number of carbonyl (C=O) groups is 3. The Balaban J connectivity index is 0.000000276. The van der Waals surface area contributed by atoms with Crippen LogP contribution in [0, 0.1) is 12.3 Å². The van der Waals surface area contributed by atoms with E-state index in [9.17, 15) is 19.5 Å². The van der Waals surface area contributed by atoms with Gasteiger partial charge in [-0.05, 0) is 43.4 Å². The minimum absolute atomic E-state index is 0.287. The Labute approximate surface area is 225 Å². The minimum atomic E-state index is -2.74. The maximum Gasteiger partial charge on any atom is 0.336 e. The maximum absolute atomic E-state index is 11.3. The van der Waals surface area contributed by atoms with Gasteiger partial charge < -0.3 is 34.8 Å². The van der Waals surface area contributed by atoms with Crippen LogP contribution in [0.5, 0.6) is 5.75 Å². The van der Waals surface area contributed by atoms with Crippen molar-refractivity contribution in [2.75, 3.05) is 6.61 Å². The fraction of sp³-hybridized carbons (Fsp3) is 0.481. The summed E-state index contributed by atoms with van der Waals surface area (Å²) in [5.74, 6) is -0.915. The molecule has 2 fully saturated rings. The summed E-state index contributed by atoms with van der Waals surface area (Å²) < 4.78 is 7.49. The Morgan fingerprint density at radius 3 is 2.26 bits per heavy atom. The predicted molar refractivity (Wildman–Crippen MR) is 137 cm³/mol. The van der Waals surface area contributed by atoms with Gasteiger partial charge in [0.05, 0.1) is 12.8 Å². The molecule has 1 aromatic carbocycles. The molecule has 2 atom stereocenters. The molecule has 3 heterocycles. The van der Waals surface area contributed by atoms with Crippen molar-refractivity contribution >= 4 is 17.9 Å². The monoisotopic (exact) mass is 543 g/mol. The zero-order valence-corrected chi connectivity index (χ0v) is 21.6. The number of hydrogen-bond donors (Lipinski definition) is 5. The van der Waals surface area contributed by atoms with E-state index in [2.05, 4.69) is 27.9 Å². The third-order valence-corrected chi connectivity index (χ3v) is 7.03. The first kappa shape index (κ1) is 29.6. The molecule has 4 rings (SSSR count). The highest BCUT2D eigenvalue weighted by Crippen LogP contribution is 2.45. The quantitative estimate of drug-likeness (QED) is 0.271. The summed E-state index contributed by atoms with van der Waals surface area (Å²) in [5, 5.41) is 45.1. The van der Waals surface area contributed by atoms with Gasteiger partial charge in [0.15, 0.2) is 5.60 Å². The molecular formula is C27H33N3O9. The minimum Gasteiger partial charge on any atom is -0.481 e. The molecule has 0 spiro atoms. The summed E-state index contributed by atoms with van der Waals surface area (Å²) in [5.41, 5.74) is -2.34. The average Bonchev–Trinajstić information content (AvgIpc) is 3.38. The summed E-state index contributed by atoms with van der Waals surface area (Å²) >= 11 is 0. The fourth-order valence-electron chi connectivity index (χ4n) is 5.35. The van der Waals surface area contributed by atoms with Crippen molar-refractivity contribution in [1.29, 1.82) is 0 Å². The van der Waals surface area contributed by atoms with Crippen molar-refractivity contribution in [3.63, 3.8) is 0 Å². The third kappa shape index (κ3) is 7.35. The van der Waals surface area contributed by atoms with E-state index in [4.69, 9.17) is 31.6 Å². The SMILES string of the molecule is C#CCOc1cccc(CN2C3CCC2CC(O)(c2nccn2C)C3)c1.O=C(O)CC(O)(CC(=O)O)C(=O)O. The number of rotatable bonds is 10. The number of nitrogens with zero attached hydrogens (tertiary/aromatic N) is 3. The van der Waals surface area contributed by atoms with Crippen LogP contribution >= 0.6 is 0 Å². The van der Waals surface area contributed by atoms with Gasteiger partial charge in [-0.1, -0.05) is 18.1 Å². The van der Waals surface area contributed by atoms with Crippen LogP contribution < -0.4 is 4.74 Å². The molecule has 2 aliphatic rings. The molecule has 2 bridgehead atoms. The van der Waals surface area contributed by atoms with Gasteiger partial charge in [0.25, 0.3) is 0 Å². The van der Waals surface area contributed by atoms with Gasteiger partial charge in [-0.15, -0.1) is 6.42 Å². The Kier molecular flexibility index (Phi) is 9.34. The molecule has 12 nitrogen and oxygen atoms in total. The van der Waals surface area contributed by atoms with Crippen LogP contribution in [-0.2, 0) is 33.6 Å². The van der Waals surface area contributed by atoms with Gasteiger partial charge in [-0.3, -0.25) is 14.5 Å². The zero-order valence-electron chi connectivity index (χ0n) is 21.6. The molecule has 0 aliphatic carbocycles. The molecule has 0 amide bonds. The lowest BCUT2D eigenvalue weighted by molar-refractivity contribution is -0.170. The lowest BCUT2D eigenvalue weighted by Crippen LogP contribution is -2.50. The fourth-order valence-corrected chi connectivity index (χ4v) is 5.35. The molecule has 2 aliphatic heterocycles. The first-order valence-electron chi connectivity index (χ1n) is 12.4. The molecular weight excluding hydrogens is 510 g/mol. The smallest absolute Gasteiger partial charge is 0.336 e. The lowest BCUT2D eigenvalue weighted by atomic mass is 9.85. The number of aryl methyl sites for hydroxylation is 1. The highest BCUT2D eigenvalue weighted by atomic mass is 16.5. The molecule has 2 aromatic rings. The van der Waals surface area contributed by atoms with E-state index < -0.39 is 42.0 Å². The number of imidazole rings is 1. The molecule has 2 unspecified atom stereocenters. The van der Waals surface area contributed by atoms with Crippen molar-refractivity contribution in [1.82, 2.24) is 14.5 Å². The number of ether oxygens (including phenoxy) is 1. The van der Waals surface area contributed by atoms with Gasteiger partial charge in [0.2, 0.25) is 0 Å². The molecule has 0 radical (unpaired) electrons. The van der Waals surface area contributed by atoms with Gasteiger partial charge in [-0.2, -0.15) is 0 Å². The van der Waals surface area contributed by atoms with Crippen LogP contribution in [0.3, 0.4) is 0 Å². The average molecular weight is 544 g/mol. The number of hydrogen-bond acceptors (Lipinski definition) is 8. The van der Waals surface area contributed by atoms with Crippen LogP contribution in [0.2, 0.25) is 0 Å². The Bertz CT molecular complexity index is 1210. The number of carboxylic acids is 3. The second-order valence-corrected chi connectivity index (χ2v) is 9.98. The number of aliphatic hydroxyl groups is 2. The topological polar surface area (TPSA) is 183 Å². The normalized spacial score (nSPS) is 22.3. The van der Waals surface area contributed by atoms with E-state index in [1.54, 1.807) is 6.20 Å². The second-order valence-electron chi connectivity index (χ2n) is 9.98. The van der Waals surface area contributed by atoms with Crippen LogP contribution in [0.15, 0.2) is 36.7 Å². The van der Waals surface area contributed by atoms with Crippen LogP contribution in [0.4, 0.5) is 0 Å². The van der Waals surface area contributed by atoms with Crippen molar-refractivity contribution in [3.8, 4) is 18.1 Å². The van der Waals surface area contributed by atoms with Crippen molar-refractivity contribution in [2.24, 2.45) is 7.05 Å². The first-order valence-corrected chi connectivity index (χ1v) is 12.4.